The molecular formula is C42H38N3O8P. The van der Waals surface area contributed by atoms with Crippen LogP contribution in [0.1, 0.15) is 45.2 Å². The topological polar surface area (TPSA) is 167 Å². The Hall–Kier alpha value is -6.16. The van der Waals surface area contributed by atoms with Crippen molar-refractivity contribution in [1.82, 2.24) is 10.2 Å². The standard InChI is InChI=1S/C42H38N3O8P/c1-27(46)38-35(26-36(47)29-19-21-30(22-20-29)39(48)43-2)44(40(38)49)41(42(50)51)54(33-12-5-3-6-13-33,34-14-7-4-8-15-34)37-16-10-9-11-31(37)25-28-17-23-32(24-18-28)45(52)53/h3-24,27,35,38,46H,25-26H2,1-2H3,(H,43,48)(H,50,51)/t27-,35-,38-/m1/s1. The Morgan fingerprint density at radius 2 is 1.35 bits per heavy atom. The first-order chi connectivity index (χ1) is 26.0. The van der Waals surface area contributed by atoms with Crippen molar-refractivity contribution in [3.05, 3.63) is 166 Å². The lowest BCUT2D eigenvalue weighted by Gasteiger charge is -2.50. The van der Waals surface area contributed by atoms with Crippen LogP contribution in [0, 0.1) is 16.0 Å². The van der Waals surface area contributed by atoms with Crippen LogP contribution in [0.25, 0.3) is 0 Å². The van der Waals surface area contributed by atoms with Crippen LogP contribution < -0.4 is 21.2 Å². The summed E-state index contributed by atoms with van der Waals surface area (Å²) in [6.45, 7) is -2.08. The number of benzene rings is 5. The normalized spacial score (nSPS) is 15.8. The molecule has 3 N–H and O–H groups in total. The number of β-lactam (4-membered cyclic amide) rings is 1. The molecule has 3 atom stereocenters. The van der Waals surface area contributed by atoms with E-state index in [1.807, 2.05) is 84.9 Å². The number of carbonyl (C=O) groups is 4. The number of hydrogen-bond donors (Lipinski definition) is 3. The molecule has 1 aliphatic rings. The number of rotatable bonds is 13. The number of aliphatic hydroxyl groups is 1. The molecule has 1 saturated heterocycles. The molecule has 274 valence electrons. The summed E-state index contributed by atoms with van der Waals surface area (Å²) in [4.78, 5) is 66.5. The zero-order chi connectivity index (χ0) is 38.6. The van der Waals surface area contributed by atoms with Crippen molar-refractivity contribution in [2.45, 2.75) is 31.9 Å². The summed E-state index contributed by atoms with van der Waals surface area (Å²) in [7, 11) is 1.50. The summed E-state index contributed by atoms with van der Waals surface area (Å²) >= 11 is 0. The van der Waals surface area contributed by atoms with Crippen molar-refractivity contribution in [1.29, 1.82) is 0 Å². The SMILES string of the molecule is CNC(=O)c1ccc(C(=O)C[C@@H]2[C@@H]([C@@H](C)O)C(=O)N2C(C(=O)O)=P(c2ccccc2)(c2ccccc2)c2ccccc2Cc2ccc([N+](=O)[O-])cc2)cc1. The highest BCUT2D eigenvalue weighted by Gasteiger charge is 2.55. The molecule has 6 rings (SSSR count). The molecule has 0 aromatic heterocycles. The van der Waals surface area contributed by atoms with Crippen molar-refractivity contribution in [3.8, 4) is 0 Å². The van der Waals surface area contributed by atoms with Crippen LogP contribution in [0.3, 0.4) is 0 Å². The molecule has 0 aliphatic carbocycles. The maximum absolute atomic E-state index is 14.3. The number of aliphatic hydroxyl groups excluding tert-OH is 1. The van der Waals surface area contributed by atoms with Gasteiger partial charge in [0.1, 0.15) is 5.42 Å². The second-order valence-corrected chi connectivity index (χ2v) is 16.3. The zero-order valence-corrected chi connectivity index (χ0v) is 30.4. The van der Waals surface area contributed by atoms with Gasteiger partial charge in [-0.2, -0.15) is 0 Å². The molecule has 5 aromatic rings. The van der Waals surface area contributed by atoms with E-state index < -0.39 is 47.5 Å². The van der Waals surface area contributed by atoms with Gasteiger partial charge in [-0.05, 0) is 52.5 Å². The number of carboxylic acid groups (broad SMARTS) is 1. The van der Waals surface area contributed by atoms with E-state index in [9.17, 15) is 39.5 Å². The van der Waals surface area contributed by atoms with Crippen molar-refractivity contribution in [2.75, 3.05) is 7.05 Å². The number of nitrogens with one attached hydrogen (secondary N) is 1. The first-order valence-electron chi connectivity index (χ1n) is 17.3. The number of nitro groups is 1. The van der Waals surface area contributed by atoms with Crippen molar-refractivity contribution in [2.24, 2.45) is 5.92 Å². The summed E-state index contributed by atoms with van der Waals surface area (Å²) in [5.74, 6) is -3.74. The molecule has 0 bridgehead atoms. The first kappa shape index (κ1) is 37.6. The van der Waals surface area contributed by atoms with E-state index >= 15 is 0 Å². The van der Waals surface area contributed by atoms with Crippen molar-refractivity contribution in [3.63, 3.8) is 0 Å². The number of carboxylic acids is 1. The minimum Gasteiger partial charge on any atom is -0.477 e. The summed E-state index contributed by atoms with van der Waals surface area (Å²) in [6.07, 6.45) is -1.18. The molecule has 2 amide bonds. The molecule has 5 aromatic carbocycles. The summed E-state index contributed by atoms with van der Waals surface area (Å²) in [5.41, 5.74) is 1.86. The predicted octanol–water partition coefficient (Wildman–Crippen LogP) is 4.53. The Morgan fingerprint density at radius 1 is 0.815 bits per heavy atom. The van der Waals surface area contributed by atoms with Crippen LogP contribution in [-0.4, -0.2) is 68.2 Å². The highest BCUT2D eigenvalue weighted by molar-refractivity contribution is 7.96. The zero-order valence-electron chi connectivity index (χ0n) is 29.5. The van der Waals surface area contributed by atoms with Gasteiger partial charge in [-0.3, -0.25) is 24.5 Å². The van der Waals surface area contributed by atoms with E-state index in [-0.39, 0.29) is 29.0 Å². The van der Waals surface area contributed by atoms with E-state index in [4.69, 9.17) is 0 Å². The maximum atomic E-state index is 14.3. The lowest BCUT2D eigenvalue weighted by molar-refractivity contribution is -0.384. The first-order valence-corrected chi connectivity index (χ1v) is 19.1. The molecule has 54 heavy (non-hydrogen) atoms. The molecule has 0 radical (unpaired) electrons. The van der Waals surface area contributed by atoms with Crippen LogP contribution in [-0.2, 0) is 16.0 Å². The Morgan fingerprint density at radius 3 is 1.87 bits per heavy atom. The Kier molecular flexibility index (Phi) is 11.0. The number of aliphatic carboxylic acids is 1. The van der Waals surface area contributed by atoms with E-state index in [1.54, 1.807) is 12.1 Å². The number of carbonyl (C=O) groups excluding carboxylic acids is 3. The third-order valence-corrected chi connectivity index (χ3v) is 14.1. The van der Waals surface area contributed by atoms with Gasteiger partial charge in [0.05, 0.1) is 23.0 Å². The quantitative estimate of drug-likeness (QED) is 0.0520. The average molecular weight is 744 g/mol. The predicted molar refractivity (Wildman–Crippen MR) is 208 cm³/mol. The van der Waals surface area contributed by atoms with Gasteiger partial charge in [0.25, 0.3) is 11.6 Å². The molecule has 11 nitrogen and oxygen atoms in total. The van der Waals surface area contributed by atoms with Crippen LogP contribution in [0.4, 0.5) is 5.69 Å². The second-order valence-electron chi connectivity index (χ2n) is 13.0. The van der Waals surface area contributed by atoms with Crippen LogP contribution >= 0.6 is 6.89 Å². The van der Waals surface area contributed by atoms with Gasteiger partial charge in [0.15, 0.2) is 5.78 Å². The summed E-state index contributed by atoms with van der Waals surface area (Å²) < 4.78 is 0. The van der Waals surface area contributed by atoms with Crippen molar-refractivity contribution < 1.29 is 34.3 Å². The Bertz CT molecular complexity index is 2230. The Labute approximate surface area is 312 Å². The third kappa shape index (κ3) is 6.99. The minimum absolute atomic E-state index is 0.0594. The van der Waals surface area contributed by atoms with Gasteiger partial charge < -0.3 is 20.4 Å². The summed E-state index contributed by atoms with van der Waals surface area (Å²) in [6, 6.07) is 36.9. The lowest BCUT2D eigenvalue weighted by atomic mass is 9.79. The molecular weight excluding hydrogens is 705 g/mol. The smallest absolute Gasteiger partial charge is 0.353 e. The van der Waals surface area contributed by atoms with E-state index in [2.05, 4.69) is 5.32 Å². The maximum Gasteiger partial charge on any atom is 0.353 e. The molecule has 0 unspecified atom stereocenters. The fourth-order valence-electron chi connectivity index (χ4n) is 7.27. The number of hydrogen-bond acceptors (Lipinski definition) is 7. The monoisotopic (exact) mass is 743 g/mol. The van der Waals surface area contributed by atoms with Gasteiger partial charge in [-0.1, -0.05) is 109 Å². The van der Waals surface area contributed by atoms with Gasteiger partial charge in [0.2, 0.25) is 5.91 Å². The number of Topliss-reactive ketones (excluding diaryl/α,β-unsaturated/α-hetero) is 1. The molecule has 0 saturated carbocycles. The highest BCUT2D eigenvalue weighted by atomic mass is 31.2. The number of nitro benzene ring substituents is 1. The fraction of sp³-hybridized carbons (Fsp3) is 0.167. The van der Waals surface area contributed by atoms with Gasteiger partial charge in [-0.25, -0.2) is 4.79 Å². The van der Waals surface area contributed by atoms with E-state index in [0.717, 1.165) is 11.1 Å². The van der Waals surface area contributed by atoms with E-state index in [0.29, 0.717) is 27.9 Å². The number of nitrogens with zero attached hydrogens (tertiary/aromatic N) is 2. The average Bonchev–Trinajstić information content (AvgIpc) is 3.18. The number of non-ortho nitro benzene ring substituents is 1. The third-order valence-electron chi connectivity index (χ3n) is 9.80. The van der Waals surface area contributed by atoms with Crippen LogP contribution in [0.2, 0.25) is 0 Å². The lowest BCUT2D eigenvalue weighted by Crippen LogP contribution is -2.68. The number of ketones is 1. The second kappa shape index (κ2) is 15.8. The van der Waals surface area contributed by atoms with Gasteiger partial charge in [0, 0.05) is 43.6 Å². The molecule has 1 heterocycles. The highest BCUT2D eigenvalue weighted by Crippen LogP contribution is 2.50. The van der Waals surface area contributed by atoms with Crippen LogP contribution in [0.5, 0.6) is 0 Å². The summed E-state index contributed by atoms with van der Waals surface area (Å²) in [5, 5.41) is 38.2. The van der Waals surface area contributed by atoms with E-state index in [1.165, 1.54) is 55.3 Å². The molecule has 1 aliphatic heterocycles. The number of amides is 2. The van der Waals surface area contributed by atoms with Crippen molar-refractivity contribution >= 4 is 57.5 Å². The number of likely N-dealkylation sites (tertiary alicyclic amines) is 1. The largest absolute Gasteiger partial charge is 0.477 e. The van der Waals surface area contributed by atoms with Gasteiger partial charge >= 0.3 is 5.97 Å². The molecule has 12 heteroatoms. The Balaban J connectivity index is 1.61. The minimum atomic E-state index is -3.53. The molecule has 1 fully saturated rings. The van der Waals surface area contributed by atoms with Crippen LogP contribution in [0.15, 0.2) is 133 Å². The fourth-order valence-corrected chi connectivity index (χ4v) is 11.8. The van der Waals surface area contributed by atoms with Gasteiger partial charge in [-0.15, -0.1) is 0 Å². The molecule has 0 spiro atoms.